The van der Waals surface area contributed by atoms with Gasteiger partial charge in [-0.05, 0) is 24.6 Å². The molecule has 2 heterocycles. The molecule has 2 aromatic heterocycles. The SMILES string of the molecule is CCCOc1ccc2nc(-c3ccccc3)c(CNC(=O)c3ccccc3F)n2n1. The molecule has 152 valence electrons. The van der Waals surface area contributed by atoms with Crippen LogP contribution in [0.2, 0.25) is 0 Å². The summed E-state index contributed by atoms with van der Waals surface area (Å²) in [5, 5.41) is 7.32. The lowest BCUT2D eigenvalue weighted by Gasteiger charge is -2.09. The van der Waals surface area contributed by atoms with Crippen LogP contribution in [0.5, 0.6) is 5.88 Å². The molecule has 4 aromatic rings. The number of benzene rings is 2. The van der Waals surface area contributed by atoms with E-state index in [1.807, 2.05) is 43.3 Å². The first-order chi connectivity index (χ1) is 14.7. The maximum atomic E-state index is 14.0. The van der Waals surface area contributed by atoms with Crippen molar-refractivity contribution in [2.24, 2.45) is 0 Å². The monoisotopic (exact) mass is 404 g/mol. The van der Waals surface area contributed by atoms with Crippen LogP contribution in [0, 0.1) is 5.82 Å². The molecule has 6 nitrogen and oxygen atoms in total. The van der Waals surface area contributed by atoms with Gasteiger partial charge in [0.25, 0.3) is 5.91 Å². The second-order valence-electron chi connectivity index (χ2n) is 6.73. The number of carbonyl (C=O) groups is 1. The van der Waals surface area contributed by atoms with Gasteiger partial charge in [-0.3, -0.25) is 4.79 Å². The number of halogens is 1. The molecule has 0 unspecified atom stereocenters. The lowest BCUT2D eigenvalue weighted by molar-refractivity contribution is 0.0946. The lowest BCUT2D eigenvalue weighted by atomic mass is 10.1. The van der Waals surface area contributed by atoms with Crippen molar-refractivity contribution in [2.45, 2.75) is 19.9 Å². The van der Waals surface area contributed by atoms with E-state index in [1.165, 1.54) is 12.1 Å². The van der Waals surface area contributed by atoms with E-state index in [-0.39, 0.29) is 12.1 Å². The average molecular weight is 404 g/mol. The van der Waals surface area contributed by atoms with Gasteiger partial charge in [-0.2, -0.15) is 0 Å². The van der Waals surface area contributed by atoms with Crippen molar-refractivity contribution >= 4 is 11.6 Å². The third kappa shape index (κ3) is 4.00. The van der Waals surface area contributed by atoms with E-state index in [0.29, 0.717) is 29.5 Å². The van der Waals surface area contributed by atoms with Crippen LogP contribution in [0.1, 0.15) is 29.4 Å². The van der Waals surface area contributed by atoms with Crippen LogP contribution in [0.4, 0.5) is 4.39 Å². The fraction of sp³-hybridized carbons (Fsp3) is 0.174. The Morgan fingerprint density at radius 1 is 1.07 bits per heavy atom. The number of aromatic nitrogens is 3. The maximum Gasteiger partial charge on any atom is 0.254 e. The molecule has 0 aliphatic rings. The summed E-state index contributed by atoms with van der Waals surface area (Å²) in [6.45, 7) is 2.70. The van der Waals surface area contributed by atoms with Crippen LogP contribution in [-0.4, -0.2) is 27.1 Å². The van der Waals surface area contributed by atoms with Crippen molar-refractivity contribution in [3.05, 3.63) is 83.8 Å². The highest BCUT2D eigenvalue weighted by atomic mass is 19.1. The van der Waals surface area contributed by atoms with Gasteiger partial charge in [-0.25, -0.2) is 13.9 Å². The summed E-state index contributed by atoms with van der Waals surface area (Å²) in [6.07, 6.45) is 0.866. The van der Waals surface area contributed by atoms with Crippen molar-refractivity contribution in [3.8, 4) is 17.1 Å². The van der Waals surface area contributed by atoms with Crippen molar-refractivity contribution in [1.29, 1.82) is 0 Å². The quantitative estimate of drug-likeness (QED) is 0.500. The van der Waals surface area contributed by atoms with Gasteiger partial charge in [0.1, 0.15) is 5.82 Å². The molecule has 2 aromatic carbocycles. The molecular formula is C23H21FN4O2. The van der Waals surface area contributed by atoms with Gasteiger partial charge >= 0.3 is 0 Å². The summed E-state index contributed by atoms with van der Waals surface area (Å²) in [4.78, 5) is 17.2. The number of imidazole rings is 1. The van der Waals surface area contributed by atoms with Crippen LogP contribution in [0.15, 0.2) is 66.7 Å². The molecule has 0 saturated heterocycles. The van der Waals surface area contributed by atoms with Crippen LogP contribution in [0.25, 0.3) is 16.9 Å². The lowest BCUT2D eigenvalue weighted by Crippen LogP contribution is -2.25. The van der Waals surface area contributed by atoms with E-state index in [1.54, 1.807) is 22.7 Å². The van der Waals surface area contributed by atoms with Crippen molar-refractivity contribution in [1.82, 2.24) is 19.9 Å². The van der Waals surface area contributed by atoms with E-state index in [0.717, 1.165) is 12.0 Å². The fourth-order valence-electron chi connectivity index (χ4n) is 3.14. The number of hydrogen-bond donors (Lipinski definition) is 1. The smallest absolute Gasteiger partial charge is 0.254 e. The molecule has 0 fully saturated rings. The number of nitrogens with zero attached hydrogens (tertiary/aromatic N) is 3. The predicted molar refractivity (Wildman–Crippen MR) is 112 cm³/mol. The Hall–Kier alpha value is -3.74. The Kier molecular flexibility index (Phi) is 5.70. The average Bonchev–Trinajstić information content (AvgIpc) is 3.14. The highest BCUT2D eigenvalue weighted by molar-refractivity contribution is 5.94. The van der Waals surface area contributed by atoms with Gasteiger partial charge in [0.05, 0.1) is 30.1 Å². The van der Waals surface area contributed by atoms with Crippen molar-refractivity contribution < 1.29 is 13.9 Å². The van der Waals surface area contributed by atoms with Gasteiger partial charge in [-0.1, -0.05) is 49.4 Å². The standard InChI is InChI=1S/C23H21FN4O2/c1-2-14-30-21-13-12-20-26-22(16-8-4-3-5-9-16)19(28(20)27-21)15-25-23(29)17-10-6-7-11-18(17)24/h3-13H,2,14-15H2,1H3,(H,25,29). The highest BCUT2D eigenvalue weighted by Crippen LogP contribution is 2.25. The zero-order chi connectivity index (χ0) is 20.9. The number of carbonyl (C=O) groups excluding carboxylic acids is 1. The second kappa shape index (κ2) is 8.73. The van der Waals surface area contributed by atoms with E-state index < -0.39 is 11.7 Å². The van der Waals surface area contributed by atoms with Crippen LogP contribution in [-0.2, 0) is 6.54 Å². The summed E-state index contributed by atoms with van der Waals surface area (Å²) < 4.78 is 21.3. The van der Waals surface area contributed by atoms with Crippen molar-refractivity contribution in [3.63, 3.8) is 0 Å². The molecule has 0 spiro atoms. The summed E-state index contributed by atoms with van der Waals surface area (Å²) in [5.74, 6) is -0.590. The first-order valence-corrected chi connectivity index (χ1v) is 9.77. The summed E-state index contributed by atoms with van der Waals surface area (Å²) >= 11 is 0. The molecule has 0 aliphatic carbocycles. The normalized spacial score (nSPS) is 10.9. The predicted octanol–water partition coefficient (Wildman–Crippen LogP) is 4.25. The van der Waals surface area contributed by atoms with E-state index in [9.17, 15) is 9.18 Å². The molecule has 0 atom stereocenters. The van der Waals surface area contributed by atoms with Gasteiger partial charge < -0.3 is 10.1 Å². The van der Waals surface area contributed by atoms with Crippen LogP contribution in [0.3, 0.4) is 0 Å². The Morgan fingerprint density at radius 3 is 2.60 bits per heavy atom. The van der Waals surface area contributed by atoms with Gasteiger partial charge in [0.15, 0.2) is 5.65 Å². The third-order valence-electron chi connectivity index (χ3n) is 4.58. The number of hydrogen-bond acceptors (Lipinski definition) is 4. The molecule has 0 radical (unpaired) electrons. The Bertz CT molecular complexity index is 1170. The molecule has 7 heteroatoms. The molecule has 0 saturated carbocycles. The zero-order valence-electron chi connectivity index (χ0n) is 16.5. The summed E-state index contributed by atoms with van der Waals surface area (Å²) in [6, 6.07) is 19.1. The largest absolute Gasteiger partial charge is 0.477 e. The summed E-state index contributed by atoms with van der Waals surface area (Å²) in [5.41, 5.74) is 2.90. The zero-order valence-corrected chi connectivity index (χ0v) is 16.5. The highest BCUT2D eigenvalue weighted by Gasteiger charge is 2.18. The van der Waals surface area contributed by atoms with E-state index in [2.05, 4.69) is 10.4 Å². The molecule has 1 amide bonds. The number of amides is 1. The maximum absolute atomic E-state index is 14.0. The number of rotatable bonds is 7. The first kappa shape index (κ1) is 19.6. The van der Waals surface area contributed by atoms with Crippen LogP contribution < -0.4 is 10.1 Å². The Labute approximate surface area is 173 Å². The fourth-order valence-corrected chi connectivity index (χ4v) is 3.14. The molecule has 1 N–H and O–H groups in total. The molecule has 0 aliphatic heterocycles. The Balaban J connectivity index is 1.71. The first-order valence-electron chi connectivity index (χ1n) is 9.77. The minimum atomic E-state index is -0.565. The van der Waals surface area contributed by atoms with Crippen molar-refractivity contribution in [2.75, 3.05) is 6.61 Å². The topological polar surface area (TPSA) is 68.5 Å². The van der Waals surface area contributed by atoms with Gasteiger partial charge in [0, 0.05) is 11.6 Å². The van der Waals surface area contributed by atoms with E-state index in [4.69, 9.17) is 9.72 Å². The molecule has 4 rings (SSSR count). The van der Waals surface area contributed by atoms with E-state index >= 15 is 0 Å². The molecule has 30 heavy (non-hydrogen) atoms. The number of ether oxygens (including phenoxy) is 1. The minimum Gasteiger partial charge on any atom is -0.477 e. The third-order valence-corrected chi connectivity index (χ3v) is 4.58. The number of fused-ring (bicyclic) bond motifs is 1. The van der Waals surface area contributed by atoms with Crippen LogP contribution >= 0.6 is 0 Å². The second-order valence-corrected chi connectivity index (χ2v) is 6.73. The van der Waals surface area contributed by atoms with Gasteiger partial charge in [0.2, 0.25) is 5.88 Å². The molecular weight excluding hydrogens is 383 g/mol. The Morgan fingerprint density at radius 2 is 1.83 bits per heavy atom. The minimum absolute atomic E-state index is 0.00694. The molecule has 0 bridgehead atoms. The van der Waals surface area contributed by atoms with Gasteiger partial charge in [-0.15, -0.1) is 5.10 Å². The number of nitrogens with one attached hydrogen (secondary N) is 1. The summed E-state index contributed by atoms with van der Waals surface area (Å²) in [7, 11) is 0.